The molecule has 1 aromatic carbocycles. The van der Waals surface area contributed by atoms with E-state index in [0.29, 0.717) is 12.0 Å². The van der Waals surface area contributed by atoms with Gasteiger partial charge in [0.15, 0.2) is 0 Å². The van der Waals surface area contributed by atoms with Crippen LogP contribution >= 0.6 is 0 Å². The van der Waals surface area contributed by atoms with Crippen molar-refractivity contribution in [1.29, 1.82) is 0 Å². The average Bonchev–Trinajstić information content (AvgIpc) is 3.24. The summed E-state index contributed by atoms with van der Waals surface area (Å²) >= 11 is 0. The van der Waals surface area contributed by atoms with Crippen molar-refractivity contribution < 1.29 is 39.0 Å². The molecule has 14 nitrogen and oxygen atoms in total. The predicted octanol–water partition coefficient (Wildman–Crippen LogP) is -1.03. The molecule has 2 aromatic rings. The number of carboxylic acid groups (broad SMARTS) is 2. The van der Waals surface area contributed by atoms with Crippen LogP contribution in [-0.4, -0.2) is 74.9 Å². The molecule has 4 unspecified atom stereocenters. The molecule has 0 saturated carbocycles. The minimum Gasteiger partial charge on any atom is -0.481 e. The number of hydrogen-bond acceptors (Lipinski definition) is 7. The third-order valence-corrected chi connectivity index (χ3v) is 5.83. The first-order chi connectivity index (χ1) is 18.3. The lowest BCUT2D eigenvalue weighted by molar-refractivity contribution is -0.147. The zero-order chi connectivity index (χ0) is 29.3. The number of primary amides is 1. The third-order valence-electron chi connectivity index (χ3n) is 5.83. The Morgan fingerprint density at radius 3 is 2.05 bits per heavy atom. The van der Waals surface area contributed by atoms with Crippen LogP contribution in [0.2, 0.25) is 0 Å². The number of hydrogen-bond donors (Lipinski definition) is 8. The van der Waals surface area contributed by atoms with Gasteiger partial charge in [0.2, 0.25) is 23.6 Å². The molecule has 14 heteroatoms. The molecular weight excluding hydrogens is 512 g/mol. The summed E-state index contributed by atoms with van der Waals surface area (Å²) in [4.78, 5) is 76.1. The molecule has 0 aliphatic carbocycles. The number of para-hydroxylation sites is 1. The number of nitrogens with two attached hydrogens (primary N) is 2. The molecule has 0 saturated heterocycles. The van der Waals surface area contributed by atoms with Gasteiger partial charge in [0, 0.05) is 23.5 Å². The van der Waals surface area contributed by atoms with E-state index < -0.39 is 72.6 Å². The molecule has 1 aromatic heterocycles. The van der Waals surface area contributed by atoms with E-state index in [1.165, 1.54) is 0 Å². The van der Waals surface area contributed by atoms with Crippen LogP contribution in [0.25, 0.3) is 10.9 Å². The fourth-order valence-corrected chi connectivity index (χ4v) is 3.95. The predicted molar refractivity (Wildman–Crippen MR) is 139 cm³/mol. The van der Waals surface area contributed by atoms with E-state index in [1.807, 2.05) is 13.8 Å². The molecule has 0 spiro atoms. The van der Waals surface area contributed by atoms with Crippen molar-refractivity contribution in [3.8, 4) is 0 Å². The molecule has 0 aliphatic heterocycles. The standard InChI is InChI=1S/C25H34N6O8/c1-12(2)7-15(26)22(35)29-18(9-20(27)32)24(37)30-17(23(36)31-19(25(38)39)10-21(33)34)8-13-11-28-16-6-4-3-5-14(13)16/h3-6,11-12,15,17-19,28H,7-10,26H2,1-2H3,(H2,27,32)(H,29,35)(H,30,37)(H,31,36)(H,33,34)(H,38,39). The molecule has 0 fully saturated rings. The Labute approximate surface area is 223 Å². The number of aliphatic carboxylic acids is 2. The second-order valence-electron chi connectivity index (χ2n) is 9.59. The smallest absolute Gasteiger partial charge is 0.326 e. The lowest BCUT2D eigenvalue weighted by Crippen LogP contribution is -2.58. The van der Waals surface area contributed by atoms with Crippen LogP contribution in [0.4, 0.5) is 0 Å². The lowest BCUT2D eigenvalue weighted by Gasteiger charge is -2.25. The molecule has 4 amide bonds. The molecule has 0 radical (unpaired) electrons. The molecule has 4 atom stereocenters. The van der Waals surface area contributed by atoms with Crippen LogP contribution in [-0.2, 0) is 35.2 Å². The number of carbonyl (C=O) groups excluding carboxylic acids is 4. The average molecular weight is 547 g/mol. The number of benzene rings is 1. The van der Waals surface area contributed by atoms with Gasteiger partial charge in [-0.2, -0.15) is 0 Å². The highest BCUT2D eigenvalue weighted by molar-refractivity contribution is 5.97. The maximum atomic E-state index is 13.2. The van der Waals surface area contributed by atoms with Gasteiger partial charge in [-0.3, -0.25) is 24.0 Å². The van der Waals surface area contributed by atoms with Crippen LogP contribution in [0.5, 0.6) is 0 Å². The molecular formula is C25H34N6O8. The largest absolute Gasteiger partial charge is 0.481 e. The molecule has 2 rings (SSSR count). The fraction of sp³-hybridized carbons (Fsp3) is 0.440. The van der Waals surface area contributed by atoms with Gasteiger partial charge >= 0.3 is 11.9 Å². The Bertz CT molecular complexity index is 1230. The van der Waals surface area contributed by atoms with Crippen molar-refractivity contribution in [1.82, 2.24) is 20.9 Å². The highest BCUT2D eigenvalue weighted by Crippen LogP contribution is 2.19. The van der Waals surface area contributed by atoms with E-state index in [0.717, 1.165) is 10.9 Å². The summed E-state index contributed by atoms with van der Waals surface area (Å²) in [5.74, 6) is -6.49. The Balaban J connectivity index is 2.33. The van der Waals surface area contributed by atoms with Crippen molar-refractivity contribution in [3.63, 3.8) is 0 Å². The Morgan fingerprint density at radius 2 is 1.46 bits per heavy atom. The maximum Gasteiger partial charge on any atom is 0.326 e. The molecule has 0 aliphatic rings. The minimum absolute atomic E-state index is 0.0754. The Morgan fingerprint density at radius 1 is 0.872 bits per heavy atom. The Hall–Kier alpha value is -4.46. The van der Waals surface area contributed by atoms with Gasteiger partial charge in [-0.05, 0) is 24.0 Å². The van der Waals surface area contributed by atoms with Crippen molar-refractivity contribution in [2.45, 2.75) is 63.7 Å². The number of fused-ring (bicyclic) bond motifs is 1. The van der Waals surface area contributed by atoms with E-state index in [4.69, 9.17) is 16.6 Å². The van der Waals surface area contributed by atoms with Gasteiger partial charge in [-0.15, -0.1) is 0 Å². The molecule has 1 heterocycles. The number of aromatic nitrogens is 1. The van der Waals surface area contributed by atoms with E-state index >= 15 is 0 Å². The zero-order valence-corrected chi connectivity index (χ0v) is 21.6. The van der Waals surface area contributed by atoms with Gasteiger partial charge in [0.1, 0.15) is 18.1 Å². The van der Waals surface area contributed by atoms with Gasteiger partial charge in [-0.25, -0.2) is 4.79 Å². The van der Waals surface area contributed by atoms with E-state index in [2.05, 4.69) is 20.9 Å². The molecule has 212 valence electrons. The summed E-state index contributed by atoms with van der Waals surface area (Å²) in [6.45, 7) is 3.70. The first kappa shape index (κ1) is 30.8. The summed E-state index contributed by atoms with van der Waals surface area (Å²) < 4.78 is 0. The normalized spacial score (nSPS) is 14.2. The third kappa shape index (κ3) is 9.41. The first-order valence-corrected chi connectivity index (χ1v) is 12.2. The summed E-state index contributed by atoms with van der Waals surface area (Å²) in [6, 6.07) is 1.49. The highest BCUT2D eigenvalue weighted by Gasteiger charge is 2.32. The van der Waals surface area contributed by atoms with Gasteiger partial charge < -0.3 is 42.6 Å². The van der Waals surface area contributed by atoms with E-state index in [1.54, 1.807) is 30.5 Å². The van der Waals surface area contributed by atoms with Crippen LogP contribution in [0.1, 0.15) is 38.7 Å². The van der Waals surface area contributed by atoms with E-state index in [9.17, 15) is 33.9 Å². The zero-order valence-electron chi connectivity index (χ0n) is 21.6. The van der Waals surface area contributed by atoms with Crippen molar-refractivity contribution in [2.24, 2.45) is 17.4 Å². The van der Waals surface area contributed by atoms with Crippen LogP contribution in [0.15, 0.2) is 30.5 Å². The van der Waals surface area contributed by atoms with Crippen molar-refractivity contribution in [3.05, 3.63) is 36.0 Å². The van der Waals surface area contributed by atoms with Gasteiger partial charge in [0.05, 0.1) is 18.9 Å². The number of rotatable bonds is 15. The number of carbonyl (C=O) groups is 6. The number of nitrogens with one attached hydrogen (secondary N) is 4. The summed E-state index contributed by atoms with van der Waals surface area (Å²) in [5, 5.41) is 26.0. The fourth-order valence-electron chi connectivity index (χ4n) is 3.95. The van der Waals surface area contributed by atoms with Crippen molar-refractivity contribution >= 4 is 46.5 Å². The monoisotopic (exact) mass is 546 g/mol. The van der Waals surface area contributed by atoms with Crippen LogP contribution in [0, 0.1) is 5.92 Å². The summed E-state index contributed by atoms with van der Waals surface area (Å²) in [5.41, 5.74) is 12.5. The molecule has 39 heavy (non-hydrogen) atoms. The highest BCUT2D eigenvalue weighted by atomic mass is 16.4. The topological polar surface area (TPSA) is 247 Å². The quantitative estimate of drug-likeness (QED) is 0.136. The second-order valence-corrected chi connectivity index (χ2v) is 9.59. The number of aromatic amines is 1. The maximum absolute atomic E-state index is 13.2. The number of amides is 4. The minimum atomic E-state index is -1.77. The Kier molecular flexibility index (Phi) is 11.0. The molecule has 10 N–H and O–H groups in total. The lowest BCUT2D eigenvalue weighted by atomic mass is 10.0. The molecule has 0 bridgehead atoms. The van der Waals surface area contributed by atoms with Gasteiger partial charge in [-0.1, -0.05) is 32.0 Å². The van der Waals surface area contributed by atoms with E-state index in [-0.39, 0.29) is 12.3 Å². The summed E-state index contributed by atoms with van der Waals surface area (Å²) in [7, 11) is 0. The van der Waals surface area contributed by atoms with Crippen molar-refractivity contribution in [2.75, 3.05) is 0 Å². The first-order valence-electron chi connectivity index (χ1n) is 12.2. The van der Waals surface area contributed by atoms with Crippen LogP contribution < -0.4 is 27.4 Å². The second kappa shape index (κ2) is 13.9. The summed E-state index contributed by atoms with van der Waals surface area (Å²) in [6.07, 6.45) is 0.289. The SMILES string of the molecule is CC(C)CC(N)C(=O)NC(CC(N)=O)C(=O)NC(Cc1c[nH]c2ccccc12)C(=O)NC(CC(=O)O)C(=O)O. The van der Waals surface area contributed by atoms with Crippen LogP contribution in [0.3, 0.4) is 0 Å². The number of carboxylic acids is 2. The van der Waals surface area contributed by atoms with Gasteiger partial charge in [0.25, 0.3) is 0 Å². The number of H-pyrrole nitrogens is 1.